The minimum atomic E-state index is 0.366. The maximum atomic E-state index is 6.09. The third kappa shape index (κ3) is 3.17. The Hall–Kier alpha value is -2.85. The second kappa shape index (κ2) is 6.71. The van der Waals surface area contributed by atoms with Gasteiger partial charge >= 0.3 is 0 Å². The average molecular weight is 357 g/mol. The number of pyridine rings is 1. The van der Waals surface area contributed by atoms with Crippen molar-refractivity contribution in [2.24, 2.45) is 5.73 Å². The van der Waals surface area contributed by atoms with E-state index in [1.807, 2.05) is 30.6 Å². The van der Waals surface area contributed by atoms with Crippen molar-refractivity contribution in [2.75, 3.05) is 5.32 Å². The Balaban J connectivity index is 1.52. The van der Waals surface area contributed by atoms with Gasteiger partial charge in [0, 0.05) is 46.5 Å². The van der Waals surface area contributed by atoms with Crippen LogP contribution in [0.4, 0.5) is 5.69 Å². The molecule has 0 unspecified atom stereocenters. The monoisotopic (exact) mass is 357 g/mol. The molecule has 4 aromatic rings. The third-order valence-corrected chi connectivity index (χ3v) is 5.59. The predicted molar refractivity (Wildman–Crippen MR) is 111 cm³/mol. The molecule has 0 radical (unpaired) electrons. The van der Waals surface area contributed by atoms with Crippen LogP contribution in [0.1, 0.15) is 25.7 Å². The van der Waals surface area contributed by atoms with Gasteiger partial charge in [0.15, 0.2) is 0 Å². The predicted octanol–water partition coefficient (Wildman–Crippen LogP) is 5.33. The first-order valence-electron chi connectivity index (χ1n) is 9.65. The summed E-state index contributed by atoms with van der Waals surface area (Å²) in [6.07, 6.45) is 8.26. The van der Waals surface area contributed by atoms with Crippen LogP contribution in [0.5, 0.6) is 0 Å². The van der Waals surface area contributed by atoms with E-state index in [-0.39, 0.29) is 0 Å². The van der Waals surface area contributed by atoms with Crippen LogP contribution in [-0.4, -0.2) is 17.1 Å². The van der Waals surface area contributed by atoms with E-state index in [9.17, 15) is 0 Å². The molecule has 0 atom stereocenters. The largest absolute Gasteiger partial charge is 0.456 e. The molecule has 0 spiro atoms. The third-order valence-electron chi connectivity index (χ3n) is 5.59. The smallest absolute Gasteiger partial charge is 0.137 e. The lowest BCUT2D eigenvalue weighted by molar-refractivity contribution is 0.411. The number of hydrogen-bond acceptors (Lipinski definition) is 4. The molecule has 0 saturated heterocycles. The van der Waals surface area contributed by atoms with Crippen molar-refractivity contribution in [2.45, 2.75) is 37.8 Å². The van der Waals surface area contributed by atoms with Crippen molar-refractivity contribution >= 4 is 27.4 Å². The van der Waals surface area contributed by atoms with Crippen LogP contribution in [0.2, 0.25) is 0 Å². The maximum absolute atomic E-state index is 6.09. The summed E-state index contributed by atoms with van der Waals surface area (Å²) in [6.45, 7) is 0. The van der Waals surface area contributed by atoms with Gasteiger partial charge in [-0.25, -0.2) is 0 Å². The second-order valence-corrected chi connectivity index (χ2v) is 7.53. The molecular weight excluding hydrogens is 334 g/mol. The number of nitrogens with zero attached hydrogens (tertiary/aromatic N) is 1. The lowest BCUT2D eigenvalue weighted by Gasteiger charge is -2.27. The van der Waals surface area contributed by atoms with Crippen molar-refractivity contribution in [1.82, 2.24) is 4.98 Å². The van der Waals surface area contributed by atoms with Gasteiger partial charge in [0.2, 0.25) is 0 Å². The van der Waals surface area contributed by atoms with Crippen molar-refractivity contribution in [3.63, 3.8) is 0 Å². The van der Waals surface area contributed by atoms with Crippen molar-refractivity contribution in [3.05, 3.63) is 60.9 Å². The van der Waals surface area contributed by atoms with Gasteiger partial charge in [-0.3, -0.25) is 4.98 Å². The first-order chi connectivity index (χ1) is 13.3. The number of hydrogen-bond donors (Lipinski definition) is 2. The molecule has 2 aromatic carbocycles. The number of aromatic nitrogens is 1. The van der Waals surface area contributed by atoms with Gasteiger partial charge in [0.1, 0.15) is 11.3 Å². The Morgan fingerprint density at radius 3 is 2.63 bits per heavy atom. The van der Waals surface area contributed by atoms with Crippen LogP contribution in [0.3, 0.4) is 0 Å². The van der Waals surface area contributed by atoms with E-state index >= 15 is 0 Å². The number of anilines is 1. The minimum Gasteiger partial charge on any atom is -0.456 e. The summed E-state index contributed by atoms with van der Waals surface area (Å²) >= 11 is 0. The summed E-state index contributed by atoms with van der Waals surface area (Å²) in [5.74, 6) is 0.857. The zero-order valence-electron chi connectivity index (χ0n) is 15.2. The molecule has 1 aliphatic carbocycles. The maximum Gasteiger partial charge on any atom is 0.137 e. The highest BCUT2D eigenvalue weighted by Crippen LogP contribution is 2.34. The Bertz CT molecular complexity index is 1060. The van der Waals surface area contributed by atoms with Crippen LogP contribution >= 0.6 is 0 Å². The molecule has 1 aliphatic rings. The summed E-state index contributed by atoms with van der Waals surface area (Å²) in [4.78, 5) is 4.42. The molecular formula is C23H23N3O. The van der Waals surface area contributed by atoms with Crippen LogP contribution in [0.15, 0.2) is 65.3 Å². The normalized spacial score (nSPS) is 20.2. The topological polar surface area (TPSA) is 64.1 Å². The van der Waals surface area contributed by atoms with Gasteiger partial charge in [-0.1, -0.05) is 24.3 Å². The van der Waals surface area contributed by atoms with E-state index in [2.05, 4.69) is 40.6 Å². The number of nitrogens with one attached hydrogen (secondary N) is 1. The summed E-state index contributed by atoms with van der Waals surface area (Å²) < 4.78 is 6.09. The number of fused-ring (bicyclic) bond motifs is 2. The van der Waals surface area contributed by atoms with E-state index in [0.29, 0.717) is 12.1 Å². The zero-order chi connectivity index (χ0) is 18.2. The molecule has 136 valence electrons. The van der Waals surface area contributed by atoms with E-state index in [1.54, 1.807) is 0 Å². The van der Waals surface area contributed by atoms with Crippen molar-refractivity contribution < 1.29 is 4.42 Å². The Morgan fingerprint density at radius 1 is 0.926 bits per heavy atom. The zero-order valence-corrected chi connectivity index (χ0v) is 15.2. The molecule has 1 fully saturated rings. The van der Waals surface area contributed by atoms with E-state index in [4.69, 9.17) is 10.2 Å². The SMILES string of the molecule is N[C@H]1CC[C@@H](Nc2ccc3cncc(-c4cc5ccccc5o4)c3c2)CC1. The lowest BCUT2D eigenvalue weighted by Crippen LogP contribution is -2.32. The standard InChI is InChI=1S/C23H23N3O/c24-17-6-9-18(10-7-17)26-19-8-5-16-13-25-14-21(20(16)12-19)23-11-15-3-1-2-4-22(15)27-23/h1-5,8,11-14,17-18,26H,6-7,9-10,24H2/t17-,18+. The summed E-state index contributed by atoms with van der Waals surface area (Å²) in [5, 5.41) is 7.07. The summed E-state index contributed by atoms with van der Waals surface area (Å²) in [5.41, 5.74) is 9.11. The van der Waals surface area contributed by atoms with Gasteiger partial charge in [0.05, 0.1) is 0 Å². The Labute approximate surface area is 158 Å². The summed E-state index contributed by atoms with van der Waals surface area (Å²) in [6, 6.07) is 17.5. The molecule has 27 heavy (non-hydrogen) atoms. The van der Waals surface area contributed by atoms with Crippen LogP contribution < -0.4 is 11.1 Å². The van der Waals surface area contributed by atoms with Gasteiger partial charge in [-0.15, -0.1) is 0 Å². The van der Waals surface area contributed by atoms with Crippen molar-refractivity contribution in [1.29, 1.82) is 0 Å². The second-order valence-electron chi connectivity index (χ2n) is 7.53. The van der Waals surface area contributed by atoms with Gasteiger partial charge in [0.25, 0.3) is 0 Å². The molecule has 0 amide bonds. The first kappa shape index (κ1) is 16.3. The van der Waals surface area contributed by atoms with Crippen LogP contribution in [-0.2, 0) is 0 Å². The Kier molecular flexibility index (Phi) is 4.06. The lowest BCUT2D eigenvalue weighted by atomic mass is 9.91. The molecule has 1 saturated carbocycles. The number of para-hydroxylation sites is 1. The fourth-order valence-corrected chi connectivity index (χ4v) is 4.06. The van der Waals surface area contributed by atoms with Gasteiger partial charge < -0.3 is 15.5 Å². The Morgan fingerprint density at radius 2 is 1.78 bits per heavy atom. The summed E-state index contributed by atoms with van der Waals surface area (Å²) in [7, 11) is 0. The van der Waals surface area contributed by atoms with E-state index in [0.717, 1.165) is 64.4 Å². The molecule has 2 heterocycles. The van der Waals surface area contributed by atoms with Crippen LogP contribution in [0, 0.1) is 0 Å². The fourth-order valence-electron chi connectivity index (χ4n) is 4.06. The molecule has 3 N–H and O–H groups in total. The molecule has 0 aliphatic heterocycles. The molecule has 4 heteroatoms. The minimum absolute atomic E-state index is 0.366. The quantitative estimate of drug-likeness (QED) is 0.520. The van der Waals surface area contributed by atoms with Crippen molar-refractivity contribution in [3.8, 4) is 11.3 Å². The van der Waals surface area contributed by atoms with Gasteiger partial charge in [-0.05, 0) is 55.3 Å². The number of benzene rings is 2. The molecule has 5 rings (SSSR count). The first-order valence-corrected chi connectivity index (χ1v) is 9.65. The number of furan rings is 1. The van der Waals surface area contributed by atoms with Crippen LogP contribution in [0.25, 0.3) is 33.1 Å². The number of rotatable bonds is 3. The fraction of sp³-hybridized carbons (Fsp3) is 0.261. The molecule has 4 nitrogen and oxygen atoms in total. The highest BCUT2D eigenvalue weighted by Gasteiger charge is 2.18. The molecule has 0 bridgehead atoms. The van der Waals surface area contributed by atoms with E-state index < -0.39 is 0 Å². The van der Waals surface area contributed by atoms with E-state index in [1.165, 1.54) is 0 Å². The highest BCUT2D eigenvalue weighted by molar-refractivity contribution is 5.98. The highest BCUT2D eigenvalue weighted by atomic mass is 16.3. The van der Waals surface area contributed by atoms with Gasteiger partial charge in [-0.2, -0.15) is 0 Å². The average Bonchev–Trinajstić information content (AvgIpc) is 3.13. The molecule has 2 aromatic heterocycles. The number of nitrogens with two attached hydrogens (primary N) is 1.